The van der Waals surface area contributed by atoms with Crippen LogP contribution in [-0.4, -0.2) is 6.71 Å². The van der Waals surface area contributed by atoms with E-state index in [1.54, 1.807) is 0 Å². The summed E-state index contributed by atoms with van der Waals surface area (Å²) >= 11 is 0. The number of anilines is 6. The fourth-order valence-electron chi connectivity index (χ4n) is 14.6. The summed E-state index contributed by atoms with van der Waals surface area (Å²) in [6.45, 7) is 28.3. The predicted octanol–water partition coefficient (Wildman–Crippen LogP) is 19.3. The molecule has 82 heavy (non-hydrogen) atoms. The molecule has 0 unspecified atom stereocenters. The van der Waals surface area contributed by atoms with E-state index in [1.807, 2.05) is 0 Å². The first-order valence-electron chi connectivity index (χ1n) is 29.8. The van der Waals surface area contributed by atoms with Crippen molar-refractivity contribution in [1.29, 1.82) is 0 Å². The smallest absolute Gasteiger partial charge is 0.252 e. The molecule has 2 aliphatic carbocycles. The summed E-state index contributed by atoms with van der Waals surface area (Å²) < 4.78 is 0. The average Bonchev–Trinajstić information content (AvgIpc) is 4.16. The Bertz CT molecular complexity index is 4230. The molecule has 0 saturated heterocycles. The molecule has 0 aromatic heterocycles. The van der Waals surface area contributed by atoms with Crippen molar-refractivity contribution in [3.05, 3.63) is 257 Å². The van der Waals surface area contributed by atoms with Crippen LogP contribution in [0.15, 0.2) is 212 Å². The number of rotatable bonds is 3. The fraction of sp³-hybridized carbons (Fsp3) is 0.215. The zero-order valence-corrected chi connectivity index (χ0v) is 49.7. The first kappa shape index (κ1) is 50.6. The molecule has 400 valence electrons. The van der Waals surface area contributed by atoms with Crippen molar-refractivity contribution in [2.45, 2.75) is 110 Å². The van der Waals surface area contributed by atoms with Gasteiger partial charge in [-0.2, -0.15) is 0 Å². The van der Waals surface area contributed by atoms with Gasteiger partial charge in [-0.1, -0.05) is 241 Å². The zero-order chi connectivity index (χ0) is 56.6. The van der Waals surface area contributed by atoms with Crippen molar-refractivity contribution in [2.24, 2.45) is 0 Å². The maximum atomic E-state index is 2.67. The summed E-state index contributed by atoms with van der Waals surface area (Å²) in [6, 6.07) is 83.1. The molecule has 0 saturated carbocycles. The van der Waals surface area contributed by atoms with Crippen LogP contribution in [0.25, 0.3) is 54.9 Å². The van der Waals surface area contributed by atoms with Gasteiger partial charge in [-0.25, -0.2) is 0 Å². The van der Waals surface area contributed by atoms with Gasteiger partial charge in [-0.05, 0) is 192 Å². The lowest BCUT2D eigenvalue weighted by Crippen LogP contribution is -2.61. The monoisotopic (exact) mass is 1060 g/mol. The second-order valence-electron chi connectivity index (χ2n) is 28.2. The van der Waals surface area contributed by atoms with Gasteiger partial charge in [-0.15, -0.1) is 0 Å². The van der Waals surface area contributed by atoms with Gasteiger partial charge in [0, 0.05) is 34.1 Å². The molecule has 2 heterocycles. The lowest BCUT2D eigenvalue weighted by molar-refractivity contribution is 0.568. The third kappa shape index (κ3) is 7.40. The predicted molar refractivity (Wildman–Crippen MR) is 352 cm³/mol. The number of hydrogen-bond acceptors (Lipinski definition) is 2. The Kier molecular flexibility index (Phi) is 10.7. The van der Waals surface area contributed by atoms with E-state index < -0.39 is 5.41 Å². The van der Waals surface area contributed by atoms with Crippen molar-refractivity contribution >= 4 is 78.8 Å². The number of hydrogen-bond donors (Lipinski definition) is 0. The Hall–Kier alpha value is -8.40. The van der Waals surface area contributed by atoms with Crippen LogP contribution in [0.4, 0.5) is 34.1 Å². The topological polar surface area (TPSA) is 6.48 Å². The van der Waals surface area contributed by atoms with E-state index in [2.05, 4.69) is 305 Å². The van der Waals surface area contributed by atoms with Crippen LogP contribution in [-0.2, 0) is 27.1 Å². The summed E-state index contributed by atoms with van der Waals surface area (Å²) in [7, 11) is 0. The molecule has 0 fully saturated rings. The summed E-state index contributed by atoms with van der Waals surface area (Å²) in [6.07, 6.45) is 0. The molecule has 0 bridgehead atoms. The molecular weight excluding hydrogens is 988 g/mol. The fourth-order valence-corrected chi connectivity index (χ4v) is 14.6. The highest BCUT2D eigenvalue weighted by Gasteiger charge is 2.52. The second-order valence-corrected chi connectivity index (χ2v) is 28.2. The van der Waals surface area contributed by atoms with E-state index in [-0.39, 0.29) is 28.4 Å². The van der Waals surface area contributed by atoms with E-state index in [4.69, 9.17) is 0 Å². The van der Waals surface area contributed by atoms with E-state index in [0.29, 0.717) is 0 Å². The highest BCUT2D eigenvalue weighted by molar-refractivity contribution is 7.00. The van der Waals surface area contributed by atoms with Crippen molar-refractivity contribution < 1.29 is 0 Å². The summed E-state index contributed by atoms with van der Waals surface area (Å²) in [4.78, 5) is 5.34. The van der Waals surface area contributed by atoms with Gasteiger partial charge in [0.2, 0.25) is 0 Å². The van der Waals surface area contributed by atoms with E-state index in [1.165, 1.54) is 150 Å². The standard InChI is InChI=1S/C79H71BN2/c1-75(2,3)54-42-55(76(4,5)6)45-58(44-54)81-70-38-50-25-15-13-23-48(50)36-68(70)80-69-37-49-24-14-16-26-51(49)39-71(69)82(59-46-56(77(7,8)9)43-57(47-59)78(10,11)12)73-41-53(40-72(81)74(73)80)52-33-34-67-63(35-52)62-29-19-22-32-66(62)79(67)64-30-20-17-27-60(64)61-28-18-21-31-65(61)79/h13-47H,1-12H3. The van der Waals surface area contributed by atoms with Gasteiger partial charge >= 0.3 is 0 Å². The maximum absolute atomic E-state index is 2.67. The second kappa shape index (κ2) is 17.3. The van der Waals surface area contributed by atoms with Crippen molar-refractivity contribution in [3.8, 4) is 33.4 Å². The Balaban J connectivity index is 1.08. The van der Waals surface area contributed by atoms with Crippen LogP contribution in [0.3, 0.4) is 0 Å². The van der Waals surface area contributed by atoms with E-state index in [9.17, 15) is 0 Å². The molecule has 0 amide bonds. The molecule has 11 aromatic rings. The highest BCUT2D eigenvalue weighted by Crippen LogP contribution is 2.63. The van der Waals surface area contributed by atoms with Gasteiger partial charge in [0.15, 0.2) is 0 Å². The molecule has 2 nitrogen and oxygen atoms in total. The van der Waals surface area contributed by atoms with Crippen molar-refractivity contribution in [1.82, 2.24) is 0 Å². The van der Waals surface area contributed by atoms with Gasteiger partial charge in [0.1, 0.15) is 0 Å². The Morgan fingerprint density at radius 3 is 1.02 bits per heavy atom. The van der Waals surface area contributed by atoms with Gasteiger partial charge in [-0.3, -0.25) is 0 Å². The molecular formula is C79H71BN2. The first-order chi connectivity index (χ1) is 39.2. The molecule has 1 spiro atoms. The summed E-state index contributed by atoms with van der Waals surface area (Å²) in [5.74, 6) is 0. The van der Waals surface area contributed by atoms with Gasteiger partial charge in [0.05, 0.1) is 5.41 Å². The molecule has 0 atom stereocenters. The quantitative estimate of drug-likeness (QED) is 0.163. The van der Waals surface area contributed by atoms with Crippen molar-refractivity contribution in [2.75, 3.05) is 9.80 Å². The van der Waals surface area contributed by atoms with Crippen LogP contribution in [0.2, 0.25) is 0 Å². The average molecular weight is 1060 g/mol. The number of nitrogens with zero attached hydrogens (tertiary/aromatic N) is 2. The molecule has 0 N–H and O–H groups in total. The minimum Gasteiger partial charge on any atom is -0.311 e. The SMILES string of the molecule is CC(C)(C)c1cc(N2c3cc4ccccc4cc3B3c4cc5ccccc5cc4N(c4cc(C(C)(C)C)cc(C(C)(C)C)c4)c4cc(-c5ccc6c(c5)-c5ccccc5C65c6ccccc6-c6ccccc65)cc2c43)cc(C(C)(C)C)c1. The lowest BCUT2D eigenvalue weighted by Gasteiger charge is -2.45. The molecule has 3 heteroatoms. The largest absolute Gasteiger partial charge is 0.311 e. The van der Waals surface area contributed by atoms with Gasteiger partial charge in [0.25, 0.3) is 6.71 Å². The highest BCUT2D eigenvalue weighted by atomic mass is 15.2. The molecule has 4 aliphatic rings. The minimum absolute atomic E-state index is 0.0687. The third-order valence-corrected chi connectivity index (χ3v) is 18.9. The van der Waals surface area contributed by atoms with E-state index >= 15 is 0 Å². The molecule has 11 aromatic carbocycles. The zero-order valence-electron chi connectivity index (χ0n) is 49.7. The maximum Gasteiger partial charge on any atom is 0.252 e. The van der Waals surface area contributed by atoms with Gasteiger partial charge < -0.3 is 9.80 Å². The Labute approximate surface area is 486 Å². The lowest BCUT2D eigenvalue weighted by atomic mass is 9.33. The normalized spacial score (nSPS) is 14.6. The van der Waals surface area contributed by atoms with Crippen LogP contribution in [0, 0.1) is 0 Å². The van der Waals surface area contributed by atoms with Crippen molar-refractivity contribution in [3.63, 3.8) is 0 Å². The summed E-state index contributed by atoms with van der Waals surface area (Å²) in [5, 5.41) is 4.98. The number of fused-ring (bicyclic) bond motifs is 16. The molecule has 15 rings (SSSR count). The first-order valence-corrected chi connectivity index (χ1v) is 29.8. The Morgan fingerprint density at radius 1 is 0.293 bits per heavy atom. The van der Waals surface area contributed by atoms with Crippen LogP contribution < -0.4 is 26.2 Å². The summed E-state index contributed by atoms with van der Waals surface area (Å²) in [5.41, 5.74) is 28.8. The third-order valence-electron chi connectivity index (χ3n) is 18.9. The minimum atomic E-state index is -0.426. The van der Waals surface area contributed by atoms with Crippen LogP contribution in [0.1, 0.15) is 128 Å². The molecule has 2 aliphatic heterocycles. The number of benzene rings is 11. The van der Waals surface area contributed by atoms with Crippen LogP contribution >= 0.6 is 0 Å². The van der Waals surface area contributed by atoms with E-state index in [0.717, 1.165) is 0 Å². The molecule has 0 radical (unpaired) electrons. The van der Waals surface area contributed by atoms with Crippen LogP contribution in [0.5, 0.6) is 0 Å². The Morgan fingerprint density at radius 2 is 0.634 bits per heavy atom.